The molecule has 20 heavy (non-hydrogen) atoms. The third-order valence-corrected chi connectivity index (χ3v) is 3.21. The number of hydrogen-bond acceptors (Lipinski definition) is 4. The topological polar surface area (TPSA) is 82.2 Å². The average molecular weight is 272 g/mol. The summed E-state index contributed by atoms with van der Waals surface area (Å²) in [6, 6.07) is 5.72. The van der Waals surface area contributed by atoms with Gasteiger partial charge < -0.3 is 15.8 Å². The number of amides is 1. The van der Waals surface area contributed by atoms with E-state index >= 15 is 0 Å². The lowest BCUT2D eigenvalue weighted by Crippen LogP contribution is -2.12. The number of anilines is 1. The minimum atomic E-state index is -0.189. The van der Waals surface area contributed by atoms with Crippen molar-refractivity contribution >= 4 is 11.6 Å². The Morgan fingerprint density at radius 3 is 3.25 bits per heavy atom. The van der Waals surface area contributed by atoms with E-state index in [4.69, 9.17) is 10.5 Å². The summed E-state index contributed by atoms with van der Waals surface area (Å²) < 4.78 is 7.13. The lowest BCUT2D eigenvalue weighted by molar-refractivity contribution is 0.102. The Balaban J connectivity index is 1.71. The molecular weight excluding hydrogens is 256 g/mol. The minimum absolute atomic E-state index is 0.189. The van der Waals surface area contributed by atoms with E-state index in [9.17, 15) is 4.79 Å². The highest BCUT2D eigenvalue weighted by molar-refractivity contribution is 6.04. The Morgan fingerprint density at radius 2 is 2.40 bits per heavy atom. The molecule has 0 unspecified atom stereocenters. The van der Waals surface area contributed by atoms with Gasteiger partial charge in [-0.25, -0.2) is 0 Å². The summed E-state index contributed by atoms with van der Waals surface area (Å²) >= 11 is 0. The first-order chi connectivity index (χ1) is 9.76. The van der Waals surface area contributed by atoms with E-state index < -0.39 is 0 Å². The summed E-state index contributed by atoms with van der Waals surface area (Å²) in [5, 5.41) is 6.92. The first-order valence-corrected chi connectivity index (χ1v) is 6.56. The zero-order chi connectivity index (χ0) is 13.9. The molecule has 0 saturated heterocycles. The van der Waals surface area contributed by atoms with Crippen LogP contribution in [0.25, 0.3) is 0 Å². The van der Waals surface area contributed by atoms with Crippen LogP contribution in [0.2, 0.25) is 0 Å². The van der Waals surface area contributed by atoms with Crippen molar-refractivity contribution in [1.29, 1.82) is 0 Å². The van der Waals surface area contributed by atoms with Crippen LogP contribution in [0.15, 0.2) is 30.6 Å². The number of fused-ring (bicyclic) bond motifs is 1. The van der Waals surface area contributed by atoms with Gasteiger partial charge in [-0.3, -0.25) is 9.48 Å². The van der Waals surface area contributed by atoms with Gasteiger partial charge >= 0.3 is 0 Å². The molecule has 0 bridgehead atoms. The highest BCUT2D eigenvalue weighted by atomic mass is 16.5. The predicted molar refractivity (Wildman–Crippen MR) is 74.9 cm³/mol. The van der Waals surface area contributed by atoms with Crippen molar-refractivity contribution in [3.63, 3.8) is 0 Å². The van der Waals surface area contributed by atoms with Crippen molar-refractivity contribution in [3.8, 4) is 5.75 Å². The molecule has 2 heterocycles. The molecule has 0 radical (unpaired) electrons. The van der Waals surface area contributed by atoms with Crippen LogP contribution in [0, 0.1) is 0 Å². The quantitative estimate of drug-likeness (QED) is 0.871. The molecule has 0 saturated carbocycles. The number of carbonyl (C=O) groups excluding carboxylic acids is 1. The molecule has 0 fully saturated rings. The molecule has 0 atom stereocenters. The third kappa shape index (κ3) is 2.50. The second-order valence-corrected chi connectivity index (χ2v) is 4.66. The van der Waals surface area contributed by atoms with Gasteiger partial charge in [0, 0.05) is 30.9 Å². The predicted octanol–water partition coefficient (Wildman–Crippen LogP) is 1.03. The summed E-state index contributed by atoms with van der Waals surface area (Å²) in [5.41, 5.74) is 7.86. The van der Waals surface area contributed by atoms with Crippen LogP contribution in [0.3, 0.4) is 0 Å². The molecule has 2 aromatic rings. The fraction of sp³-hybridized carbons (Fsp3) is 0.286. The van der Waals surface area contributed by atoms with Crippen LogP contribution in [0.1, 0.15) is 15.9 Å². The minimum Gasteiger partial charge on any atom is -0.493 e. The average Bonchev–Trinajstić information content (AvgIpc) is 3.07. The number of nitrogens with two attached hydrogens (primary N) is 1. The first-order valence-electron chi connectivity index (χ1n) is 6.56. The second kappa shape index (κ2) is 5.34. The molecule has 1 aromatic carbocycles. The molecule has 3 rings (SSSR count). The number of carbonyl (C=O) groups is 1. The lowest BCUT2D eigenvalue weighted by Gasteiger charge is -2.05. The number of ether oxygens (including phenoxy) is 1. The van der Waals surface area contributed by atoms with Gasteiger partial charge in [0.2, 0.25) is 0 Å². The zero-order valence-corrected chi connectivity index (χ0v) is 11.0. The van der Waals surface area contributed by atoms with Gasteiger partial charge in [0.1, 0.15) is 5.75 Å². The Bertz CT molecular complexity index is 636. The molecule has 1 aliphatic rings. The van der Waals surface area contributed by atoms with Crippen molar-refractivity contribution in [2.24, 2.45) is 5.73 Å². The molecule has 1 amide bonds. The van der Waals surface area contributed by atoms with E-state index in [0.29, 0.717) is 25.3 Å². The molecule has 1 aromatic heterocycles. The fourth-order valence-corrected chi connectivity index (χ4v) is 2.18. The van der Waals surface area contributed by atoms with E-state index in [-0.39, 0.29) is 5.91 Å². The van der Waals surface area contributed by atoms with Crippen LogP contribution in [-0.4, -0.2) is 28.8 Å². The summed E-state index contributed by atoms with van der Waals surface area (Å²) in [5.74, 6) is 0.660. The van der Waals surface area contributed by atoms with E-state index in [1.54, 1.807) is 10.9 Å². The SMILES string of the molecule is NCCn1cc(C(=O)Nc2ccc3c(c2)OCC3)cn1. The normalized spacial score (nSPS) is 12.8. The smallest absolute Gasteiger partial charge is 0.258 e. The maximum atomic E-state index is 12.1. The van der Waals surface area contributed by atoms with Gasteiger partial charge in [0.15, 0.2) is 0 Å². The maximum Gasteiger partial charge on any atom is 0.258 e. The van der Waals surface area contributed by atoms with Gasteiger partial charge in [-0.1, -0.05) is 6.07 Å². The van der Waals surface area contributed by atoms with E-state index in [1.165, 1.54) is 11.8 Å². The number of nitrogens with zero attached hydrogens (tertiary/aromatic N) is 2. The van der Waals surface area contributed by atoms with Crippen LogP contribution in [0.4, 0.5) is 5.69 Å². The van der Waals surface area contributed by atoms with Crippen LogP contribution >= 0.6 is 0 Å². The molecular formula is C14H16N4O2. The molecule has 104 valence electrons. The summed E-state index contributed by atoms with van der Waals surface area (Å²) in [6.45, 7) is 1.80. The maximum absolute atomic E-state index is 12.1. The molecule has 6 nitrogen and oxygen atoms in total. The van der Waals surface area contributed by atoms with Gasteiger partial charge in [-0.05, 0) is 11.6 Å². The van der Waals surface area contributed by atoms with Crippen LogP contribution in [-0.2, 0) is 13.0 Å². The first kappa shape index (κ1) is 12.7. The van der Waals surface area contributed by atoms with Crippen LogP contribution in [0.5, 0.6) is 5.75 Å². The van der Waals surface area contributed by atoms with E-state index in [1.807, 2.05) is 18.2 Å². The van der Waals surface area contributed by atoms with Crippen molar-refractivity contribution in [1.82, 2.24) is 9.78 Å². The van der Waals surface area contributed by atoms with Crippen molar-refractivity contribution in [2.45, 2.75) is 13.0 Å². The lowest BCUT2D eigenvalue weighted by atomic mass is 10.1. The van der Waals surface area contributed by atoms with Gasteiger partial charge in [-0.15, -0.1) is 0 Å². The molecule has 0 aliphatic carbocycles. The number of benzene rings is 1. The monoisotopic (exact) mass is 272 g/mol. The summed E-state index contributed by atoms with van der Waals surface area (Å²) in [4.78, 5) is 12.1. The van der Waals surface area contributed by atoms with Crippen molar-refractivity contribution in [2.75, 3.05) is 18.5 Å². The number of aromatic nitrogens is 2. The summed E-state index contributed by atoms with van der Waals surface area (Å²) in [6.07, 6.45) is 4.15. The van der Waals surface area contributed by atoms with Crippen LogP contribution < -0.4 is 15.8 Å². The van der Waals surface area contributed by atoms with E-state index in [0.717, 1.165) is 17.9 Å². The number of hydrogen-bond donors (Lipinski definition) is 2. The van der Waals surface area contributed by atoms with Gasteiger partial charge in [0.05, 0.1) is 24.9 Å². The highest BCUT2D eigenvalue weighted by Crippen LogP contribution is 2.28. The largest absolute Gasteiger partial charge is 0.493 e. The Kier molecular flexibility index (Phi) is 3.39. The number of nitrogens with one attached hydrogen (secondary N) is 1. The van der Waals surface area contributed by atoms with Crippen molar-refractivity contribution in [3.05, 3.63) is 41.7 Å². The van der Waals surface area contributed by atoms with Crippen molar-refractivity contribution < 1.29 is 9.53 Å². The third-order valence-electron chi connectivity index (χ3n) is 3.21. The zero-order valence-electron chi connectivity index (χ0n) is 11.0. The molecule has 1 aliphatic heterocycles. The second-order valence-electron chi connectivity index (χ2n) is 4.66. The molecule has 6 heteroatoms. The standard InChI is InChI=1S/C14H16N4O2/c15-4-5-18-9-11(8-16-18)14(19)17-12-2-1-10-3-6-20-13(10)7-12/h1-2,7-9H,3-6,15H2,(H,17,19). The van der Waals surface area contributed by atoms with Gasteiger partial charge in [-0.2, -0.15) is 5.10 Å². The summed E-state index contributed by atoms with van der Waals surface area (Å²) in [7, 11) is 0. The Labute approximate surface area is 116 Å². The molecule has 3 N–H and O–H groups in total. The Morgan fingerprint density at radius 1 is 1.50 bits per heavy atom. The fourth-order valence-electron chi connectivity index (χ4n) is 2.18. The van der Waals surface area contributed by atoms with Gasteiger partial charge in [0.25, 0.3) is 5.91 Å². The Hall–Kier alpha value is -2.34. The van der Waals surface area contributed by atoms with E-state index in [2.05, 4.69) is 10.4 Å². The highest BCUT2D eigenvalue weighted by Gasteiger charge is 2.14. The molecule has 0 spiro atoms. The number of rotatable bonds is 4.